The maximum atomic E-state index is 13.3. The number of aryl methyl sites for hydroxylation is 1. The Kier molecular flexibility index (Phi) is 3.90. The summed E-state index contributed by atoms with van der Waals surface area (Å²) in [6, 6.07) is 0.678. The van der Waals surface area contributed by atoms with Crippen molar-refractivity contribution < 1.29 is 16.7 Å². The Morgan fingerprint density at radius 1 is 1.25 bits per heavy atom. The SMILES string of the molecule is [2H]c1c([2H])c([2H])c(-c2nc(N)n3c(=O)n(C[C@H]4CCCO4)nc3c2-c2cc(C)nc(CO)c2)c([2H])c1[2H]. The van der Waals surface area contributed by atoms with Crippen molar-refractivity contribution in [3.05, 3.63) is 64.2 Å². The van der Waals surface area contributed by atoms with Crippen molar-refractivity contribution in [2.24, 2.45) is 0 Å². The van der Waals surface area contributed by atoms with Crippen LogP contribution in [0.2, 0.25) is 0 Å². The van der Waals surface area contributed by atoms with E-state index >= 15 is 0 Å². The second-order valence-electron chi connectivity index (χ2n) is 7.60. The maximum Gasteiger partial charge on any atom is 0.353 e. The number of ether oxygens (including phenoxy) is 1. The van der Waals surface area contributed by atoms with Gasteiger partial charge in [0, 0.05) is 17.9 Å². The zero-order chi connectivity index (χ0) is 26.6. The quantitative estimate of drug-likeness (QED) is 0.491. The van der Waals surface area contributed by atoms with Gasteiger partial charge in [-0.15, -0.1) is 5.10 Å². The van der Waals surface area contributed by atoms with Gasteiger partial charge in [0.1, 0.15) is 0 Å². The molecule has 0 unspecified atom stereocenters. The van der Waals surface area contributed by atoms with E-state index in [-0.39, 0.29) is 47.7 Å². The molecule has 0 bridgehead atoms. The smallest absolute Gasteiger partial charge is 0.353 e. The molecule has 1 aliphatic rings. The van der Waals surface area contributed by atoms with E-state index in [0.29, 0.717) is 23.6 Å². The molecular weight excluding hydrogens is 408 g/mol. The fourth-order valence-corrected chi connectivity index (χ4v) is 3.98. The number of nitrogen functional groups attached to an aromatic ring is 1. The van der Waals surface area contributed by atoms with Crippen LogP contribution in [-0.4, -0.2) is 42.0 Å². The summed E-state index contributed by atoms with van der Waals surface area (Å²) in [7, 11) is 0. The number of hydrogen-bond donors (Lipinski definition) is 2. The van der Waals surface area contributed by atoms with Crippen LogP contribution in [0.5, 0.6) is 0 Å². The van der Waals surface area contributed by atoms with Gasteiger partial charge >= 0.3 is 5.69 Å². The number of pyridine rings is 1. The molecule has 5 rings (SSSR count). The lowest BCUT2D eigenvalue weighted by Gasteiger charge is -2.13. The summed E-state index contributed by atoms with van der Waals surface area (Å²) in [4.78, 5) is 22.0. The highest BCUT2D eigenvalue weighted by atomic mass is 16.5. The van der Waals surface area contributed by atoms with Crippen LogP contribution < -0.4 is 11.4 Å². The first-order valence-electron chi connectivity index (χ1n) is 12.7. The van der Waals surface area contributed by atoms with Crippen LogP contribution in [0.15, 0.2) is 47.1 Å². The van der Waals surface area contributed by atoms with Crippen LogP contribution in [0, 0.1) is 6.92 Å². The summed E-state index contributed by atoms with van der Waals surface area (Å²) in [5, 5.41) is 14.3. The third-order valence-corrected chi connectivity index (χ3v) is 5.35. The zero-order valence-corrected chi connectivity index (χ0v) is 17.3. The van der Waals surface area contributed by atoms with Gasteiger partial charge in [-0.05, 0) is 37.5 Å². The van der Waals surface area contributed by atoms with Crippen molar-refractivity contribution in [2.45, 2.75) is 39.0 Å². The minimum absolute atomic E-state index is 0.0363. The van der Waals surface area contributed by atoms with Crippen molar-refractivity contribution in [1.82, 2.24) is 24.1 Å². The molecule has 0 radical (unpaired) electrons. The number of nitrogens with two attached hydrogens (primary N) is 1. The predicted octanol–water partition coefficient (Wildman–Crippen LogP) is 2.18. The summed E-state index contributed by atoms with van der Waals surface area (Å²) in [5.74, 6) is -0.252. The van der Waals surface area contributed by atoms with Gasteiger partial charge in [-0.1, -0.05) is 30.2 Å². The Labute approximate surface area is 191 Å². The molecule has 32 heavy (non-hydrogen) atoms. The molecule has 4 heterocycles. The number of aliphatic hydroxyl groups is 1. The Bertz CT molecular complexity index is 1580. The van der Waals surface area contributed by atoms with Crippen molar-refractivity contribution in [2.75, 3.05) is 12.3 Å². The van der Waals surface area contributed by atoms with E-state index in [4.69, 9.17) is 17.3 Å². The van der Waals surface area contributed by atoms with E-state index in [1.54, 1.807) is 19.1 Å². The van der Waals surface area contributed by atoms with Gasteiger partial charge in [-0.25, -0.2) is 18.9 Å². The van der Waals surface area contributed by atoms with Gasteiger partial charge in [0.05, 0.1) is 43.1 Å². The van der Waals surface area contributed by atoms with Crippen LogP contribution in [0.25, 0.3) is 28.0 Å². The maximum absolute atomic E-state index is 13.3. The number of rotatable bonds is 5. The highest BCUT2D eigenvalue weighted by molar-refractivity contribution is 5.90. The first kappa shape index (κ1) is 15.3. The van der Waals surface area contributed by atoms with Gasteiger partial charge in [0.25, 0.3) is 0 Å². The summed E-state index contributed by atoms with van der Waals surface area (Å²) >= 11 is 0. The number of nitrogens with zero attached hydrogens (tertiary/aromatic N) is 5. The molecule has 3 N–H and O–H groups in total. The largest absolute Gasteiger partial charge is 0.390 e. The Hall–Kier alpha value is -3.56. The molecular formula is C23H24N6O3. The van der Waals surface area contributed by atoms with Crippen LogP contribution in [0.1, 0.15) is 31.1 Å². The molecule has 3 aromatic heterocycles. The number of aliphatic hydroxyl groups excluding tert-OH is 1. The molecule has 0 aliphatic carbocycles. The van der Waals surface area contributed by atoms with E-state index < -0.39 is 35.9 Å². The molecule has 1 fully saturated rings. The molecule has 1 atom stereocenters. The topological polar surface area (TPSA) is 121 Å². The average molecular weight is 438 g/mol. The Morgan fingerprint density at radius 2 is 2.06 bits per heavy atom. The number of anilines is 1. The monoisotopic (exact) mass is 437 g/mol. The molecule has 9 heteroatoms. The minimum Gasteiger partial charge on any atom is -0.390 e. The number of hydrogen-bond acceptors (Lipinski definition) is 7. The molecule has 1 aromatic carbocycles. The number of aromatic nitrogens is 5. The van der Waals surface area contributed by atoms with E-state index in [1.165, 1.54) is 4.68 Å². The molecule has 0 saturated carbocycles. The molecule has 9 nitrogen and oxygen atoms in total. The summed E-state index contributed by atoms with van der Waals surface area (Å²) in [6.45, 7) is 2.15. The van der Waals surface area contributed by atoms with Gasteiger partial charge in [0.15, 0.2) is 5.65 Å². The van der Waals surface area contributed by atoms with Gasteiger partial charge in [-0.3, -0.25) is 4.98 Å². The van der Waals surface area contributed by atoms with Crippen molar-refractivity contribution >= 4 is 11.6 Å². The number of benzene rings is 1. The van der Waals surface area contributed by atoms with Crippen molar-refractivity contribution in [1.29, 1.82) is 0 Å². The summed E-state index contributed by atoms with van der Waals surface area (Å²) < 4.78 is 49.3. The zero-order valence-electron chi connectivity index (χ0n) is 22.3. The molecule has 0 spiro atoms. The molecule has 164 valence electrons. The Morgan fingerprint density at radius 3 is 2.78 bits per heavy atom. The standard InChI is InChI=1S/C23H24N6O3/c1-14-10-16(11-17(13-30)25-14)19-20(15-6-3-2-4-7-15)26-22(24)29-21(19)27-28(23(29)31)12-18-8-5-9-32-18/h2-4,6-7,10-11,18,30H,5,8-9,12-13H2,1H3,(H2,24,26)/t18-/m1/s1/i2D,3D,4D,6D,7D. The van der Waals surface area contributed by atoms with Crippen molar-refractivity contribution in [3.63, 3.8) is 0 Å². The second kappa shape index (κ2) is 8.18. The third-order valence-electron chi connectivity index (χ3n) is 5.35. The molecule has 1 saturated heterocycles. The predicted molar refractivity (Wildman–Crippen MR) is 120 cm³/mol. The summed E-state index contributed by atoms with van der Waals surface area (Å²) in [6.07, 6.45) is 1.46. The first-order chi connectivity index (χ1) is 17.6. The lowest BCUT2D eigenvalue weighted by atomic mass is 9.99. The minimum atomic E-state index is -0.547. The second-order valence-corrected chi connectivity index (χ2v) is 7.60. The van der Waals surface area contributed by atoms with E-state index in [9.17, 15) is 9.90 Å². The van der Waals surface area contributed by atoms with Gasteiger partial charge in [0.2, 0.25) is 5.95 Å². The highest BCUT2D eigenvalue weighted by Crippen LogP contribution is 2.35. The Balaban J connectivity index is 1.90. The number of fused-ring (bicyclic) bond motifs is 1. The van der Waals surface area contributed by atoms with Gasteiger partial charge in [-0.2, -0.15) is 0 Å². The fourth-order valence-electron chi connectivity index (χ4n) is 3.98. The lowest BCUT2D eigenvalue weighted by molar-refractivity contribution is 0.0931. The normalized spacial score (nSPS) is 18.3. The van der Waals surface area contributed by atoms with E-state index in [2.05, 4.69) is 15.1 Å². The van der Waals surface area contributed by atoms with E-state index in [0.717, 1.165) is 17.2 Å². The lowest BCUT2D eigenvalue weighted by Crippen LogP contribution is -2.28. The summed E-state index contributed by atoms with van der Waals surface area (Å²) in [5.41, 5.74) is 7.07. The molecule has 4 aromatic rings. The van der Waals surface area contributed by atoms with E-state index in [1.807, 2.05) is 0 Å². The molecule has 0 amide bonds. The highest BCUT2D eigenvalue weighted by Gasteiger charge is 2.24. The van der Waals surface area contributed by atoms with Crippen LogP contribution in [0.4, 0.5) is 5.95 Å². The average Bonchev–Trinajstić information content (AvgIpc) is 3.49. The van der Waals surface area contributed by atoms with Crippen LogP contribution in [-0.2, 0) is 17.9 Å². The van der Waals surface area contributed by atoms with Crippen molar-refractivity contribution in [3.8, 4) is 22.4 Å². The first-order valence-corrected chi connectivity index (χ1v) is 10.2. The molecule has 1 aliphatic heterocycles. The van der Waals surface area contributed by atoms with Gasteiger partial charge < -0.3 is 15.6 Å². The van der Waals surface area contributed by atoms with Crippen LogP contribution in [0.3, 0.4) is 0 Å². The third kappa shape index (κ3) is 3.55. The fraction of sp³-hybridized carbons (Fsp3) is 0.304. The van der Waals surface area contributed by atoms with Crippen LogP contribution >= 0.6 is 0 Å².